The Kier molecular flexibility index (Phi) is 11.7. The first-order chi connectivity index (χ1) is 10.9. The highest BCUT2D eigenvalue weighted by molar-refractivity contribution is 5.88. The molecular formula is C15H29N3O5. The molecule has 2 atom stereocenters. The molecule has 0 aromatic rings. The summed E-state index contributed by atoms with van der Waals surface area (Å²) < 4.78 is 9.72. The highest BCUT2D eigenvalue weighted by Crippen LogP contribution is 2.08. The van der Waals surface area contributed by atoms with Crippen molar-refractivity contribution in [2.75, 3.05) is 13.2 Å². The lowest BCUT2D eigenvalue weighted by molar-refractivity contribution is -0.128. The summed E-state index contributed by atoms with van der Waals surface area (Å²) in [7, 11) is 0. The number of carbonyl (C=O) groups excluding carboxylic acids is 3. The van der Waals surface area contributed by atoms with Crippen molar-refractivity contribution in [2.45, 2.75) is 57.9 Å². The van der Waals surface area contributed by atoms with Crippen LogP contribution in [0.15, 0.2) is 0 Å². The summed E-state index contributed by atoms with van der Waals surface area (Å²) in [5.41, 5.74) is 15.6. The predicted molar refractivity (Wildman–Crippen MR) is 85.1 cm³/mol. The number of hydrogen-bond donors (Lipinski definition) is 3. The van der Waals surface area contributed by atoms with E-state index in [0.717, 1.165) is 19.3 Å². The van der Waals surface area contributed by atoms with Crippen LogP contribution in [-0.2, 0) is 19.1 Å². The van der Waals surface area contributed by atoms with Crippen LogP contribution in [0, 0.1) is 5.92 Å². The topological polar surface area (TPSA) is 148 Å². The molecule has 0 aromatic carbocycles. The number of carbonyl (C=O) groups is 3. The molecule has 0 aliphatic rings. The minimum absolute atomic E-state index is 0.0194. The summed E-state index contributed by atoms with van der Waals surface area (Å²) in [6, 6.07) is -1.20. The number of amides is 2. The third kappa shape index (κ3) is 10.5. The van der Waals surface area contributed by atoms with Crippen LogP contribution in [0.1, 0.15) is 51.9 Å². The van der Waals surface area contributed by atoms with Crippen molar-refractivity contribution in [3.05, 3.63) is 0 Å². The smallest absolute Gasteiger partial charge is 0.434 e. The van der Waals surface area contributed by atoms with Crippen LogP contribution >= 0.6 is 0 Å². The lowest BCUT2D eigenvalue weighted by atomic mass is 9.96. The maximum Gasteiger partial charge on any atom is 0.508 e. The van der Waals surface area contributed by atoms with Gasteiger partial charge < -0.3 is 26.7 Å². The van der Waals surface area contributed by atoms with Gasteiger partial charge in [-0.1, -0.05) is 39.0 Å². The third-order valence-electron chi connectivity index (χ3n) is 3.49. The predicted octanol–water partition coefficient (Wildman–Crippen LogP) is 0.804. The van der Waals surface area contributed by atoms with E-state index < -0.39 is 29.9 Å². The Bertz CT molecular complexity index is 376. The number of hydrogen-bond acceptors (Lipinski definition) is 6. The second-order valence-corrected chi connectivity index (χ2v) is 5.44. The molecule has 0 spiro atoms. The molecule has 8 nitrogen and oxygen atoms in total. The minimum atomic E-state index is -1.20. The van der Waals surface area contributed by atoms with Gasteiger partial charge in [0, 0.05) is 0 Å². The lowest BCUT2D eigenvalue weighted by Gasteiger charge is -2.17. The fourth-order valence-electron chi connectivity index (χ4n) is 2.05. The zero-order chi connectivity index (χ0) is 17.7. The molecule has 0 aliphatic carbocycles. The zero-order valence-electron chi connectivity index (χ0n) is 13.8. The average molecular weight is 331 g/mol. The van der Waals surface area contributed by atoms with Crippen molar-refractivity contribution in [3.8, 4) is 0 Å². The monoisotopic (exact) mass is 331 g/mol. The summed E-state index contributed by atoms with van der Waals surface area (Å²) in [6.07, 6.45) is 5.72. The largest absolute Gasteiger partial charge is 0.508 e. The van der Waals surface area contributed by atoms with E-state index in [0.29, 0.717) is 6.61 Å². The fraction of sp³-hybridized carbons (Fsp3) is 0.800. The van der Waals surface area contributed by atoms with E-state index in [1.165, 1.54) is 19.3 Å². The minimum Gasteiger partial charge on any atom is -0.434 e. The van der Waals surface area contributed by atoms with E-state index >= 15 is 0 Å². The van der Waals surface area contributed by atoms with E-state index in [4.69, 9.17) is 26.7 Å². The number of primary amides is 2. The van der Waals surface area contributed by atoms with Crippen LogP contribution in [0.3, 0.4) is 0 Å². The number of rotatable bonds is 13. The summed E-state index contributed by atoms with van der Waals surface area (Å²) in [5.74, 6) is -2.57. The van der Waals surface area contributed by atoms with Crippen LogP contribution in [0.2, 0.25) is 0 Å². The number of nitrogens with two attached hydrogens (primary N) is 3. The Hall–Kier alpha value is -1.83. The van der Waals surface area contributed by atoms with E-state index in [1.54, 1.807) is 0 Å². The highest BCUT2D eigenvalue weighted by Gasteiger charge is 2.27. The molecular weight excluding hydrogens is 302 g/mol. The third-order valence-corrected chi connectivity index (χ3v) is 3.49. The second kappa shape index (κ2) is 12.7. The van der Waals surface area contributed by atoms with E-state index in [9.17, 15) is 14.4 Å². The van der Waals surface area contributed by atoms with Gasteiger partial charge in [0.25, 0.3) is 0 Å². The number of unbranched alkanes of at least 4 members (excludes halogenated alkanes) is 5. The van der Waals surface area contributed by atoms with Gasteiger partial charge in [-0.2, -0.15) is 0 Å². The maximum atomic E-state index is 11.3. The molecule has 0 rings (SSSR count). The van der Waals surface area contributed by atoms with Crippen molar-refractivity contribution >= 4 is 18.0 Å². The zero-order valence-corrected chi connectivity index (χ0v) is 13.8. The summed E-state index contributed by atoms with van der Waals surface area (Å²) >= 11 is 0. The van der Waals surface area contributed by atoms with E-state index in [2.05, 4.69) is 6.92 Å². The number of ether oxygens (including phenoxy) is 2. The molecule has 0 aromatic heterocycles. The molecule has 0 radical (unpaired) electrons. The molecule has 8 heteroatoms. The molecule has 0 fully saturated rings. The SMILES string of the molecule is CCCCCCCCOC(=O)OCCC(C(N)=O)C(N)C(N)=O. The molecule has 0 saturated carbocycles. The molecule has 2 amide bonds. The van der Waals surface area contributed by atoms with Gasteiger partial charge in [-0.3, -0.25) is 9.59 Å². The van der Waals surface area contributed by atoms with Crippen molar-refractivity contribution in [3.63, 3.8) is 0 Å². The average Bonchev–Trinajstić information content (AvgIpc) is 2.49. The molecule has 0 aliphatic heterocycles. The normalized spacial score (nSPS) is 13.1. The van der Waals surface area contributed by atoms with Gasteiger partial charge in [0.2, 0.25) is 11.8 Å². The molecule has 6 N–H and O–H groups in total. The Morgan fingerprint density at radius 1 is 0.870 bits per heavy atom. The second-order valence-electron chi connectivity index (χ2n) is 5.44. The Morgan fingerprint density at radius 2 is 1.43 bits per heavy atom. The first-order valence-electron chi connectivity index (χ1n) is 8.03. The Labute approximate surface area is 137 Å². The van der Waals surface area contributed by atoms with Gasteiger partial charge in [0.05, 0.1) is 25.2 Å². The molecule has 0 heterocycles. The van der Waals surface area contributed by atoms with Crippen LogP contribution in [0.5, 0.6) is 0 Å². The molecule has 0 bridgehead atoms. The quantitative estimate of drug-likeness (QED) is 0.336. The van der Waals surface area contributed by atoms with Crippen LogP contribution < -0.4 is 17.2 Å². The van der Waals surface area contributed by atoms with Crippen LogP contribution in [0.4, 0.5) is 4.79 Å². The molecule has 0 saturated heterocycles. The van der Waals surface area contributed by atoms with Gasteiger partial charge in [0.15, 0.2) is 0 Å². The molecule has 2 unspecified atom stereocenters. The van der Waals surface area contributed by atoms with E-state index in [1.807, 2.05) is 0 Å². The highest BCUT2D eigenvalue weighted by atomic mass is 16.7. The van der Waals surface area contributed by atoms with Crippen molar-refractivity contribution < 1.29 is 23.9 Å². The van der Waals surface area contributed by atoms with Crippen molar-refractivity contribution in [1.82, 2.24) is 0 Å². The standard InChI is InChI=1S/C15H29N3O5/c1-2-3-4-5-6-7-9-22-15(21)23-10-8-11(13(17)19)12(16)14(18)20/h11-12H,2-10,16H2,1H3,(H2,17,19)(H2,18,20). The van der Waals surface area contributed by atoms with Crippen LogP contribution in [-0.4, -0.2) is 37.2 Å². The Balaban J connectivity index is 3.79. The first-order valence-corrected chi connectivity index (χ1v) is 8.03. The summed E-state index contributed by atoms with van der Waals surface area (Å²) in [4.78, 5) is 33.5. The fourth-order valence-corrected chi connectivity index (χ4v) is 2.05. The summed E-state index contributed by atoms with van der Waals surface area (Å²) in [6.45, 7) is 2.33. The van der Waals surface area contributed by atoms with Crippen LogP contribution in [0.25, 0.3) is 0 Å². The van der Waals surface area contributed by atoms with Gasteiger partial charge in [-0.05, 0) is 12.8 Å². The van der Waals surface area contributed by atoms with Gasteiger partial charge in [0.1, 0.15) is 0 Å². The summed E-state index contributed by atoms with van der Waals surface area (Å²) in [5, 5.41) is 0. The first kappa shape index (κ1) is 21.2. The van der Waals surface area contributed by atoms with Crippen molar-refractivity contribution in [1.29, 1.82) is 0 Å². The van der Waals surface area contributed by atoms with Gasteiger partial charge in [-0.25, -0.2) is 4.79 Å². The van der Waals surface area contributed by atoms with E-state index in [-0.39, 0.29) is 13.0 Å². The van der Waals surface area contributed by atoms with Gasteiger partial charge in [-0.15, -0.1) is 0 Å². The Morgan fingerprint density at radius 3 is 2.00 bits per heavy atom. The molecule has 134 valence electrons. The lowest BCUT2D eigenvalue weighted by Crippen LogP contribution is -2.48. The maximum absolute atomic E-state index is 11.3. The molecule has 23 heavy (non-hydrogen) atoms. The van der Waals surface area contributed by atoms with Gasteiger partial charge >= 0.3 is 6.16 Å². The van der Waals surface area contributed by atoms with Crippen molar-refractivity contribution in [2.24, 2.45) is 23.1 Å².